The minimum Gasteiger partial charge on any atom is -0.496 e. The molecule has 0 aliphatic carbocycles. The number of anilines is 2. The molecule has 0 heterocycles. The van der Waals surface area contributed by atoms with E-state index in [1.807, 2.05) is 24.3 Å². The van der Waals surface area contributed by atoms with Crippen LogP contribution in [0.4, 0.5) is 11.4 Å². The van der Waals surface area contributed by atoms with Crippen LogP contribution >= 0.6 is 0 Å². The zero-order valence-electron chi connectivity index (χ0n) is 18.9. The summed E-state index contributed by atoms with van der Waals surface area (Å²) in [5.41, 5.74) is 14.7. The van der Waals surface area contributed by atoms with Crippen molar-refractivity contribution >= 4 is 29.4 Å². The van der Waals surface area contributed by atoms with Gasteiger partial charge in [-0.2, -0.15) is 0 Å². The SMILES string of the molecule is COc1cc(-c2ccc(OC#N)cc2)ccc1/C=C/C(=O)OCCOC(=O)c1cc(N)cc(N)c1. The van der Waals surface area contributed by atoms with Crippen LogP contribution in [0, 0.1) is 11.5 Å². The number of rotatable bonds is 9. The topological polar surface area (TPSA) is 147 Å². The Morgan fingerprint density at radius 2 is 1.57 bits per heavy atom. The van der Waals surface area contributed by atoms with Gasteiger partial charge in [-0.15, -0.1) is 5.26 Å². The molecule has 0 spiro atoms. The minimum absolute atomic E-state index is 0.117. The Kier molecular flexibility index (Phi) is 8.29. The molecule has 9 heteroatoms. The summed E-state index contributed by atoms with van der Waals surface area (Å²) < 4.78 is 20.4. The van der Waals surface area contributed by atoms with Crippen molar-refractivity contribution in [1.82, 2.24) is 0 Å². The van der Waals surface area contributed by atoms with Crippen LogP contribution in [-0.2, 0) is 14.3 Å². The lowest BCUT2D eigenvalue weighted by atomic mass is 10.0. The summed E-state index contributed by atoms with van der Waals surface area (Å²) >= 11 is 0. The summed E-state index contributed by atoms with van der Waals surface area (Å²) in [7, 11) is 1.53. The second-order valence-corrected chi connectivity index (χ2v) is 7.20. The average Bonchev–Trinajstić information content (AvgIpc) is 2.85. The van der Waals surface area contributed by atoms with E-state index in [2.05, 4.69) is 0 Å². The molecule has 0 radical (unpaired) electrons. The maximum Gasteiger partial charge on any atom is 0.338 e. The van der Waals surface area contributed by atoms with Crippen molar-refractivity contribution in [2.75, 3.05) is 31.8 Å². The summed E-state index contributed by atoms with van der Waals surface area (Å²) in [6.45, 7) is -0.238. The Balaban J connectivity index is 1.53. The maximum absolute atomic E-state index is 12.0. The number of esters is 2. The molecular weight excluding hydrogens is 450 g/mol. The van der Waals surface area contributed by atoms with Crippen LogP contribution in [0.15, 0.2) is 66.7 Å². The molecule has 0 amide bonds. The molecule has 3 rings (SSSR count). The van der Waals surface area contributed by atoms with Gasteiger partial charge in [0.2, 0.25) is 0 Å². The molecule has 4 N–H and O–H groups in total. The number of nitriles is 1. The van der Waals surface area contributed by atoms with Gasteiger partial charge in [0, 0.05) is 23.0 Å². The number of ether oxygens (including phenoxy) is 4. The summed E-state index contributed by atoms with van der Waals surface area (Å²) in [6, 6.07) is 17.0. The zero-order chi connectivity index (χ0) is 25.2. The maximum atomic E-state index is 12.0. The monoisotopic (exact) mass is 473 g/mol. The second-order valence-electron chi connectivity index (χ2n) is 7.20. The second kappa shape index (κ2) is 11.8. The molecule has 0 aliphatic heterocycles. The standard InChI is InChI=1S/C26H23N3O6/c1-32-24-14-19(17-4-7-23(8-5-17)35-16-27)3-2-18(24)6-9-25(30)33-10-11-34-26(31)20-12-21(28)15-22(29)13-20/h2-9,12-15H,10-11,28-29H2,1H3/b9-6+. The molecule has 35 heavy (non-hydrogen) atoms. The van der Waals surface area contributed by atoms with Crippen molar-refractivity contribution in [1.29, 1.82) is 5.26 Å². The molecule has 0 fully saturated rings. The van der Waals surface area contributed by atoms with Crippen molar-refractivity contribution in [2.45, 2.75) is 0 Å². The van der Waals surface area contributed by atoms with E-state index in [9.17, 15) is 9.59 Å². The fraction of sp³-hybridized carbons (Fsp3) is 0.115. The largest absolute Gasteiger partial charge is 0.496 e. The number of hydrogen-bond donors (Lipinski definition) is 2. The smallest absolute Gasteiger partial charge is 0.338 e. The van der Waals surface area contributed by atoms with Gasteiger partial charge in [0.15, 0.2) is 0 Å². The molecular formula is C26H23N3O6. The van der Waals surface area contributed by atoms with Gasteiger partial charge in [0.05, 0.1) is 12.7 Å². The first-order valence-electron chi connectivity index (χ1n) is 10.4. The molecule has 0 bridgehead atoms. The van der Waals surface area contributed by atoms with Crippen LogP contribution in [0.1, 0.15) is 15.9 Å². The number of nitrogen functional groups attached to an aromatic ring is 2. The van der Waals surface area contributed by atoms with Gasteiger partial charge in [0.1, 0.15) is 24.7 Å². The zero-order valence-corrected chi connectivity index (χ0v) is 18.9. The Labute approximate surface area is 202 Å². The molecule has 0 aliphatic rings. The Hall–Kier alpha value is -4.97. The van der Waals surface area contributed by atoms with E-state index in [0.29, 0.717) is 28.4 Å². The number of carbonyl (C=O) groups is 2. The summed E-state index contributed by atoms with van der Waals surface area (Å²) in [6.07, 6.45) is 4.45. The van der Waals surface area contributed by atoms with Crippen molar-refractivity contribution in [3.63, 3.8) is 0 Å². The Morgan fingerprint density at radius 1 is 0.914 bits per heavy atom. The van der Waals surface area contributed by atoms with Crippen LogP contribution < -0.4 is 20.9 Å². The predicted octanol–water partition coefficient (Wildman–Crippen LogP) is 3.80. The molecule has 9 nitrogen and oxygen atoms in total. The van der Waals surface area contributed by atoms with Gasteiger partial charge in [-0.05, 0) is 53.6 Å². The number of hydrogen-bond acceptors (Lipinski definition) is 9. The number of methoxy groups -OCH3 is 1. The molecule has 0 saturated carbocycles. The third-order valence-corrected chi connectivity index (χ3v) is 4.76. The quantitative estimate of drug-likeness (QED) is 0.156. The number of benzene rings is 3. The molecule has 0 aromatic heterocycles. The first kappa shape index (κ1) is 24.7. The predicted molar refractivity (Wildman–Crippen MR) is 130 cm³/mol. The van der Waals surface area contributed by atoms with E-state index < -0.39 is 11.9 Å². The molecule has 0 saturated heterocycles. The summed E-state index contributed by atoms with van der Waals surface area (Å²) in [5.74, 6) is -0.217. The molecule has 3 aromatic carbocycles. The number of nitrogens with two attached hydrogens (primary N) is 2. The number of nitrogens with zero attached hydrogens (tertiary/aromatic N) is 1. The van der Waals surface area contributed by atoms with Crippen LogP contribution in [0.5, 0.6) is 11.5 Å². The van der Waals surface area contributed by atoms with E-state index in [1.54, 1.807) is 30.5 Å². The number of carbonyl (C=O) groups excluding carboxylic acids is 2. The third kappa shape index (κ3) is 7.00. The Morgan fingerprint density at radius 3 is 2.23 bits per heavy atom. The van der Waals surface area contributed by atoms with Crippen molar-refractivity contribution < 1.29 is 28.5 Å². The Bertz CT molecular complexity index is 1260. The van der Waals surface area contributed by atoms with Crippen molar-refractivity contribution in [3.8, 4) is 28.9 Å². The van der Waals surface area contributed by atoms with Gasteiger partial charge in [-0.3, -0.25) is 0 Å². The van der Waals surface area contributed by atoms with Crippen molar-refractivity contribution in [2.24, 2.45) is 0 Å². The highest BCUT2D eigenvalue weighted by atomic mass is 16.6. The highest BCUT2D eigenvalue weighted by Gasteiger charge is 2.10. The lowest BCUT2D eigenvalue weighted by Crippen LogP contribution is -2.13. The van der Waals surface area contributed by atoms with E-state index in [-0.39, 0.29) is 18.8 Å². The fourth-order valence-electron chi connectivity index (χ4n) is 3.16. The van der Waals surface area contributed by atoms with Gasteiger partial charge in [-0.1, -0.05) is 24.3 Å². The van der Waals surface area contributed by atoms with Gasteiger partial charge >= 0.3 is 11.9 Å². The van der Waals surface area contributed by atoms with Gasteiger partial charge < -0.3 is 30.4 Å². The van der Waals surface area contributed by atoms with Gasteiger partial charge in [0.25, 0.3) is 6.26 Å². The highest BCUT2D eigenvalue weighted by molar-refractivity contribution is 5.92. The highest BCUT2D eigenvalue weighted by Crippen LogP contribution is 2.29. The lowest BCUT2D eigenvalue weighted by molar-refractivity contribution is -0.138. The van der Waals surface area contributed by atoms with E-state index >= 15 is 0 Å². The first-order chi connectivity index (χ1) is 16.9. The molecule has 0 unspecified atom stereocenters. The van der Waals surface area contributed by atoms with Crippen LogP contribution in [-0.4, -0.2) is 32.3 Å². The first-order valence-corrected chi connectivity index (χ1v) is 10.4. The van der Waals surface area contributed by atoms with Crippen LogP contribution in [0.3, 0.4) is 0 Å². The fourth-order valence-corrected chi connectivity index (χ4v) is 3.16. The normalized spacial score (nSPS) is 10.4. The van der Waals surface area contributed by atoms with E-state index in [1.165, 1.54) is 31.4 Å². The van der Waals surface area contributed by atoms with E-state index in [0.717, 1.165) is 11.1 Å². The molecule has 0 atom stereocenters. The van der Waals surface area contributed by atoms with Crippen LogP contribution in [0.25, 0.3) is 17.2 Å². The van der Waals surface area contributed by atoms with Gasteiger partial charge in [-0.25, -0.2) is 9.59 Å². The molecule has 178 valence electrons. The third-order valence-electron chi connectivity index (χ3n) is 4.76. The van der Waals surface area contributed by atoms with Crippen LogP contribution in [0.2, 0.25) is 0 Å². The summed E-state index contributed by atoms with van der Waals surface area (Å²) in [4.78, 5) is 24.1. The molecule has 3 aromatic rings. The minimum atomic E-state index is -0.618. The lowest BCUT2D eigenvalue weighted by Gasteiger charge is -2.09. The average molecular weight is 473 g/mol. The van der Waals surface area contributed by atoms with Crippen molar-refractivity contribution in [3.05, 3.63) is 77.9 Å². The summed E-state index contributed by atoms with van der Waals surface area (Å²) in [5, 5.41) is 8.58. The van der Waals surface area contributed by atoms with E-state index in [4.69, 9.17) is 35.7 Å².